The zero-order chi connectivity index (χ0) is 20.8. The normalized spacial score (nSPS) is 10.7. The molecule has 0 saturated heterocycles. The lowest BCUT2D eigenvalue weighted by Crippen LogP contribution is -2.13. The summed E-state index contributed by atoms with van der Waals surface area (Å²) in [5, 5.41) is 4.08. The number of aryl methyl sites for hydroxylation is 2. The number of carbonyl (C=O) groups is 2. The lowest BCUT2D eigenvalue weighted by atomic mass is 10.1. The van der Waals surface area contributed by atoms with E-state index >= 15 is 0 Å². The molecule has 4 nitrogen and oxygen atoms in total. The van der Waals surface area contributed by atoms with Crippen LogP contribution >= 0.6 is 22.9 Å². The van der Waals surface area contributed by atoms with Crippen LogP contribution in [-0.2, 0) is 11.2 Å². The lowest BCUT2D eigenvalue weighted by Gasteiger charge is -2.03. The predicted molar refractivity (Wildman–Crippen MR) is 120 cm³/mol. The Kier molecular flexibility index (Phi) is 7.18. The van der Waals surface area contributed by atoms with Crippen molar-refractivity contribution < 1.29 is 9.59 Å². The Morgan fingerprint density at radius 2 is 1.72 bits per heavy atom. The van der Waals surface area contributed by atoms with Crippen molar-refractivity contribution in [3.05, 3.63) is 69.6 Å². The maximum Gasteiger partial charge on any atom is 0.226 e. The summed E-state index contributed by atoms with van der Waals surface area (Å²) in [7, 11) is 0. The average Bonchev–Trinajstić information content (AvgIpc) is 3.09. The van der Waals surface area contributed by atoms with E-state index in [9.17, 15) is 9.59 Å². The number of ketones is 1. The summed E-state index contributed by atoms with van der Waals surface area (Å²) in [6.45, 7) is 4.08. The van der Waals surface area contributed by atoms with Crippen LogP contribution in [0.4, 0.5) is 5.13 Å². The lowest BCUT2D eigenvalue weighted by molar-refractivity contribution is -0.116. The minimum atomic E-state index is -0.204. The average molecular weight is 427 g/mol. The van der Waals surface area contributed by atoms with E-state index in [1.54, 1.807) is 12.1 Å². The van der Waals surface area contributed by atoms with Gasteiger partial charge < -0.3 is 5.32 Å². The molecule has 0 aliphatic rings. The smallest absolute Gasteiger partial charge is 0.226 e. The number of nitrogens with zero attached hydrogens (tertiary/aromatic N) is 1. The van der Waals surface area contributed by atoms with Gasteiger partial charge in [0.05, 0.1) is 5.69 Å². The van der Waals surface area contributed by atoms with Gasteiger partial charge in [-0.3, -0.25) is 9.59 Å². The first kappa shape index (κ1) is 21.2. The van der Waals surface area contributed by atoms with Gasteiger partial charge in [0.1, 0.15) is 0 Å². The highest BCUT2D eigenvalue weighted by Crippen LogP contribution is 2.32. The highest BCUT2D eigenvalue weighted by atomic mass is 35.5. The third-order valence-electron chi connectivity index (χ3n) is 4.49. The van der Waals surface area contributed by atoms with Gasteiger partial charge in [0.15, 0.2) is 10.9 Å². The first-order valence-corrected chi connectivity index (χ1v) is 10.8. The van der Waals surface area contributed by atoms with Crippen LogP contribution in [0.25, 0.3) is 11.3 Å². The molecule has 3 rings (SSSR count). The maximum atomic E-state index is 12.3. The molecule has 0 unspecified atom stereocenters. The summed E-state index contributed by atoms with van der Waals surface area (Å²) in [4.78, 5) is 30.4. The van der Waals surface area contributed by atoms with Gasteiger partial charge in [-0.15, -0.1) is 11.3 Å². The first-order valence-electron chi connectivity index (χ1n) is 9.61. The van der Waals surface area contributed by atoms with Crippen molar-refractivity contribution in [2.45, 2.75) is 39.5 Å². The number of hydrogen-bond acceptors (Lipinski definition) is 4. The van der Waals surface area contributed by atoms with Crippen LogP contribution in [0.5, 0.6) is 0 Å². The molecule has 1 aromatic heterocycles. The Labute approximate surface area is 180 Å². The van der Waals surface area contributed by atoms with E-state index in [4.69, 9.17) is 11.6 Å². The predicted octanol–water partition coefficient (Wildman–Crippen LogP) is 6.33. The maximum absolute atomic E-state index is 12.3. The zero-order valence-electron chi connectivity index (χ0n) is 16.5. The Bertz CT molecular complexity index is 995. The molecule has 3 aromatic rings. The standard InChI is InChI=1S/C23H23ClN2O2S/c1-3-4-20-22(17-9-11-18(24)12-10-17)26-23(29-20)25-21(28)14-13-19(27)16-7-5-15(2)6-8-16/h5-12H,3-4,13-14H2,1-2H3,(H,25,26,28). The van der Waals surface area contributed by atoms with E-state index in [2.05, 4.69) is 17.2 Å². The minimum absolute atomic E-state index is 0.0344. The second kappa shape index (κ2) is 9.81. The van der Waals surface area contributed by atoms with Crippen LogP contribution in [0.3, 0.4) is 0 Å². The molecule has 2 aromatic carbocycles. The molecule has 0 spiro atoms. The highest BCUT2D eigenvalue weighted by molar-refractivity contribution is 7.16. The van der Waals surface area contributed by atoms with E-state index in [0.717, 1.165) is 34.5 Å². The fourth-order valence-corrected chi connectivity index (χ4v) is 4.16. The molecule has 6 heteroatoms. The van der Waals surface area contributed by atoms with Gasteiger partial charge in [-0.2, -0.15) is 0 Å². The van der Waals surface area contributed by atoms with Crippen LogP contribution in [0.1, 0.15) is 47.0 Å². The van der Waals surface area contributed by atoms with Crippen LogP contribution in [0, 0.1) is 6.92 Å². The summed E-state index contributed by atoms with van der Waals surface area (Å²) in [6.07, 6.45) is 2.18. The molecule has 29 heavy (non-hydrogen) atoms. The Balaban J connectivity index is 1.65. The zero-order valence-corrected chi connectivity index (χ0v) is 18.1. The third-order valence-corrected chi connectivity index (χ3v) is 5.77. The topological polar surface area (TPSA) is 59.1 Å². The second-order valence-electron chi connectivity index (χ2n) is 6.89. The summed E-state index contributed by atoms with van der Waals surface area (Å²) in [5.41, 5.74) is 3.58. The first-order chi connectivity index (χ1) is 14.0. The van der Waals surface area contributed by atoms with Gasteiger partial charge in [-0.1, -0.05) is 66.9 Å². The molecule has 150 valence electrons. The third kappa shape index (κ3) is 5.75. The number of rotatable bonds is 8. The van der Waals surface area contributed by atoms with Crippen LogP contribution < -0.4 is 5.32 Å². The molecule has 0 aliphatic heterocycles. The van der Waals surface area contributed by atoms with Crippen molar-refractivity contribution in [1.29, 1.82) is 0 Å². The Morgan fingerprint density at radius 3 is 2.38 bits per heavy atom. The van der Waals surface area contributed by atoms with Crippen molar-refractivity contribution >= 4 is 39.8 Å². The number of benzene rings is 2. The van der Waals surface area contributed by atoms with Gasteiger partial charge in [0.2, 0.25) is 5.91 Å². The number of hydrogen-bond donors (Lipinski definition) is 1. The second-order valence-corrected chi connectivity index (χ2v) is 8.41. The molecular formula is C23H23ClN2O2S. The largest absolute Gasteiger partial charge is 0.302 e. The van der Waals surface area contributed by atoms with E-state index in [1.165, 1.54) is 11.3 Å². The van der Waals surface area contributed by atoms with E-state index in [-0.39, 0.29) is 24.5 Å². The molecule has 1 heterocycles. The van der Waals surface area contributed by atoms with Crippen LogP contribution in [0.15, 0.2) is 48.5 Å². The summed E-state index contributed by atoms with van der Waals surface area (Å²) < 4.78 is 0. The van der Waals surface area contributed by atoms with E-state index < -0.39 is 0 Å². The van der Waals surface area contributed by atoms with Gasteiger partial charge >= 0.3 is 0 Å². The highest BCUT2D eigenvalue weighted by Gasteiger charge is 2.15. The molecule has 0 atom stereocenters. The summed E-state index contributed by atoms with van der Waals surface area (Å²) in [6, 6.07) is 14.9. The fourth-order valence-electron chi connectivity index (χ4n) is 2.93. The Morgan fingerprint density at radius 1 is 1.03 bits per heavy atom. The van der Waals surface area contributed by atoms with Crippen molar-refractivity contribution in [3.8, 4) is 11.3 Å². The van der Waals surface area contributed by atoms with Crippen LogP contribution in [0.2, 0.25) is 5.02 Å². The number of amides is 1. The van der Waals surface area contributed by atoms with Gasteiger partial charge in [0, 0.05) is 33.9 Å². The minimum Gasteiger partial charge on any atom is -0.302 e. The Hall–Kier alpha value is -2.50. The van der Waals surface area contributed by atoms with Gasteiger partial charge in [-0.05, 0) is 25.5 Å². The number of halogens is 1. The SMILES string of the molecule is CCCc1sc(NC(=O)CCC(=O)c2ccc(C)cc2)nc1-c1ccc(Cl)cc1. The van der Waals surface area contributed by atoms with Crippen molar-refractivity contribution in [2.24, 2.45) is 0 Å². The number of nitrogens with one attached hydrogen (secondary N) is 1. The molecule has 0 aliphatic carbocycles. The van der Waals surface area contributed by atoms with Crippen LogP contribution in [-0.4, -0.2) is 16.7 Å². The molecule has 0 saturated carbocycles. The van der Waals surface area contributed by atoms with Crippen molar-refractivity contribution in [3.63, 3.8) is 0 Å². The van der Waals surface area contributed by atoms with Gasteiger partial charge in [-0.25, -0.2) is 4.98 Å². The van der Waals surface area contributed by atoms with E-state index in [1.807, 2.05) is 43.3 Å². The molecule has 1 N–H and O–H groups in total. The number of thiazole rings is 1. The number of carbonyl (C=O) groups excluding carboxylic acids is 2. The molecule has 0 bridgehead atoms. The molecule has 0 fully saturated rings. The molecule has 1 amide bonds. The number of aromatic nitrogens is 1. The fraction of sp³-hybridized carbons (Fsp3) is 0.261. The van der Waals surface area contributed by atoms with Gasteiger partial charge in [0.25, 0.3) is 0 Å². The molecule has 0 radical (unpaired) electrons. The number of anilines is 1. The summed E-state index contributed by atoms with van der Waals surface area (Å²) >= 11 is 7.47. The molecular weight excluding hydrogens is 404 g/mol. The summed E-state index contributed by atoms with van der Waals surface area (Å²) in [5.74, 6) is -0.238. The monoisotopic (exact) mass is 426 g/mol. The van der Waals surface area contributed by atoms with Crippen molar-refractivity contribution in [1.82, 2.24) is 4.98 Å². The quantitative estimate of drug-likeness (QED) is 0.428. The number of Topliss-reactive ketones (excluding diaryl/α,β-unsaturated/α-hetero) is 1. The van der Waals surface area contributed by atoms with Crippen molar-refractivity contribution in [2.75, 3.05) is 5.32 Å². The van der Waals surface area contributed by atoms with E-state index in [0.29, 0.717) is 15.7 Å².